The van der Waals surface area contributed by atoms with E-state index in [1.54, 1.807) is 36.4 Å². The van der Waals surface area contributed by atoms with Gasteiger partial charge in [0, 0.05) is 18.3 Å². The number of rotatable bonds is 14. The molecule has 4 aromatic carbocycles. The van der Waals surface area contributed by atoms with E-state index >= 15 is 0 Å². The van der Waals surface area contributed by atoms with Gasteiger partial charge in [-0.2, -0.15) is 10.2 Å². The Kier molecular flexibility index (Phi) is 10.5. The van der Waals surface area contributed by atoms with E-state index in [1.807, 2.05) is 30.3 Å². The molecular formula is C42H47N3O4. The first-order chi connectivity index (χ1) is 23.8. The van der Waals surface area contributed by atoms with Crippen molar-refractivity contribution in [2.75, 3.05) is 18.6 Å². The highest BCUT2D eigenvalue weighted by Gasteiger charge is 2.57. The summed E-state index contributed by atoms with van der Waals surface area (Å²) >= 11 is 0. The van der Waals surface area contributed by atoms with Crippen LogP contribution in [-0.2, 0) is 5.41 Å². The molecule has 0 radical (unpaired) electrons. The first kappa shape index (κ1) is 34.0. The van der Waals surface area contributed by atoms with Crippen molar-refractivity contribution in [2.45, 2.75) is 83.3 Å². The molecule has 0 bridgehead atoms. The number of fused-ring (bicyclic) bond motifs is 2. The molecule has 6 rings (SSSR count). The number of hydrogen-bond donors (Lipinski definition) is 0. The summed E-state index contributed by atoms with van der Waals surface area (Å²) in [6, 6.07) is 28.4. The van der Waals surface area contributed by atoms with Crippen LogP contribution in [0.4, 0.5) is 17.1 Å². The van der Waals surface area contributed by atoms with E-state index in [2.05, 4.69) is 79.4 Å². The second-order valence-corrected chi connectivity index (χ2v) is 13.5. The Morgan fingerprint density at radius 1 is 0.776 bits per heavy atom. The average molecular weight is 658 g/mol. The molecule has 0 aromatic heterocycles. The fraction of sp³-hybridized carbons (Fsp3) is 0.357. The van der Waals surface area contributed by atoms with E-state index in [9.17, 15) is 4.79 Å². The van der Waals surface area contributed by atoms with Gasteiger partial charge >= 0.3 is 5.97 Å². The molecule has 2 aliphatic rings. The maximum absolute atomic E-state index is 12.8. The summed E-state index contributed by atoms with van der Waals surface area (Å²) < 4.78 is 18.2. The van der Waals surface area contributed by atoms with Crippen molar-refractivity contribution in [3.63, 3.8) is 0 Å². The maximum atomic E-state index is 12.8. The molecule has 1 unspecified atom stereocenters. The van der Waals surface area contributed by atoms with E-state index in [1.165, 1.54) is 56.2 Å². The Morgan fingerprint density at radius 2 is 1.43 bits per heavy atom. The van der Waals surface area contributed by atoms with Crippen molar-refractivity contribution in [2.24, 2.45) is 10.2 Å². The molecule has 254 valence electrons. The maximum Gasteiger partial charge on any atom is 0.343 e. The lowest BCUT2D eigenvalue weighted by molar-refractivity contribution is 0.0582. The highest BCUT2D eigenvalue weighted by molar-refractivity contribution is 5.91. The number of ether oxygens (including phenoxy) is 3. The minimum Gasteiger partial charge on any atom is -0.494 e. The van der Waals surface area contributed by atoms with Crippen molar-refractivity contribution >= 4 is 29.1 Å². The number of likely N-dealkylation sites (N-methyl/N-ethyl adjacent to an activating group) is 1. The lowest BCUT2D eigenvalue weighted by atomic mass is 9.76. The number of carbonyl (C=O) groups is 1. The predicted molar refractivity (Wildman–Crippen MR) is 197 cm³/mol. The summed E-state index contributed by atoms with van der Waals surface area (Å²) in [5.41, 5.74) is 4.27. The lowest BCUT2D eigenvalue weighted by Gasteiger charge is -2.45. The molecule has 1 atom stereocenters. The number of carbonyl (C=O) groups excluding carboxylic acids is 1. The van der Waals surface area contributed by atoms with E-state index in [0.29, 0.717) is 29.3 Å². The topological polar surface area (TPSA) is 72.7 Å². The van der Waals surface area contributed by atoms with Crippen molar-refractivity contribution in [1.29, 1.82) is 0 Å². The number of hydrogen-bond acceptors (Lipinski definition) is 7. The zero-order valence-electron chi connectivity index (χ0n) is 29.2. The molecule has 49 heavy (non-hydrogen) atoms. The molecule has 0 aliphatic carbocycles. The zero-order chi connectivity index (χ0) is 34.3. The van der Waals surface area contributed by atoms with Gasteiger partial charge in [0.1, 0.15) is 17.2 Å². The van der Waals surface area contributed by atoms with Crippen molar-refractivity contribution in [3.8, 4) is 17.2 Å². The third kappa shape index (κ3) is 7.41. The van der Waals surface area contributed by atoms with Gasteiger partial charge in [0.05, 0.1) is 29.0 Å². The summed E-state index contributed by atoms with van der Waals surface area (Å²) in [6.45, 7) is 7.40. The lowest BCUT2D eigenvalue weighted by Crippen LogP contribution is -2.58. The van der Waals surface area contributed by atoms with Gasteiger partial charge in [-0.25, -0.2) is 4.79 Å². The third-order valence-electron chi connectivity index (χ3n) is 9.77. The van der Waals surface area contributed by atoms with Crippen LogP contribution in [0, 0.1) is 0 Å². The standard InChI is InChI=1S/C42H47N3O4/c1-5-6-7-8-9-10-11-14-29-47-35-22-24-36(25-23-35)48-40(46)31-17-19-33(20-18-31)43-44-34-21-26-39-32(30-34)27-28-42(49-39)41(2,3)37-15-12-13-16-38(37)45(42)4/h12-13,15-28,30H,5-11,14,29H2,1-4H3. The normalized spacial score (nSPS) is 17.2. The zero-order valence-corrected chi connectivity index (χ0v) is 29.2. The van der Waals surface area contributed by atoms with Crippen LogP contribution in [0.2, 0.25) is 0 Å². The molecule has 1 spiro atoms. The van der Waals surface area contributed by atoms with Crippen LogP contribution >= 0.6 is 0 Å². The van der Waals surface area contributed by atoms with Crippen LogP contribution in [0.3, 0.4) is 0 Å². The molecule has 0 saturated carbocycles. The van der Waals surface area contributed by atoms with Crippen molar-refractivity contribution in [3.05, 3.63) is 114 Å². The Hall–Kier alpha value is -4.91. The largest absolute Gasteiger partial charge is 0.494 e. The second kappa shape index (κ2) is 15.1. The van der Waals surface area contributed by atoms with Crippen LogP contribution < -0.4 is 19.1 Å². The second-order valence-electron chi connectivity index (χ2n) is 13.5. The summed E-state index contributed by atoms with van der Waals surface area (Å²) in [4.78, 5) is 15.0. The minimum atomic E-state index is -0.625. The van der Waals surface area contributed by atoms with Gasteiger partial charge in [0.25, 0.3) is 0 Å². The van der Waals surface area contributed by atoms with E-state index in [-0.39, 0.29) is 5.41 Å². The molecule has 4 aromatic rings. The van der Waals surface area contributed by atoms with E-state index < -0.39 is 11.7 Å². The summed E-state index contributed by atoms with van der Waals surface area (Å²) in [6.07, 6.45) is 14.4. The van der Waals surface area contributed by atoms with Crippen LogP contribution in [0.15, 0.2) is 107 Å². The summed E-state index contributed by atoms with van der Waals surface area (Å²) in [5, 5.41) is 8.84. The number of benzene rings is 4. The summed E-state index contributed by atoms with van der Waals surface area (Å²) in [5.74, 6) is 1.62. The van der Waals surface area contributed by atoms with Gasteiger partial charge in [-0.1, -0.05) is 70.1 Å². The minimum absolute atomic E-state index is 0.255. The third-order valence-corrected chi connectivity index (χ3v) is 9.77. The first-order valence-electron chi connectivity index (χ1n) is 17.6. The van der Waals surface area contributed by atoms with Gasteiger partial charge in [0.15, 0.2) is 0 Å². The van der Waals surface area contributed by atoms with Gasteiger partial charge in [-0.3, -0.25) is 0 Å². The Bertz CT molecular complexity index is 1800. The number of azo groups is 1. The number of para-hydroxylation sites is 1. The molecule has 0 fully saturated rings. The SMILES string of the molecule is CCCCCCCCCCOc1ccc(OC(=O)c2ccc(N=Nc3ccc4c(c3)C=CC3(O4)N(C)c4ccccc4C3(C)C)cc2)cc1. The van der Waals surface area contributed by atoms with Gasteiger partial charge < -0.3 is 19.1 Å². The Balaban J connectivity index is 0.988. The molecule has 0 saturated heterocycles. The number of esters is 1. The van der Waals surface area contributed by atoms with E-state index in [0.717, 1.165) is 23.5 Å². The first-order valence-corrected chi connectivity index (χ1v) is 17.6. The van der Waals surface area contributed by atoms with Gasteiger partial charge in [-0.05, 0) is 111 Å². The van der Waals surface area contributed by atoms with Crippen LogP contribution in [0.5, 0.6) is 17.2 Å². The molecule has 0 amide bonds. The van der Waals surface area contributed by atoms with Crippen LogP contribution in [0.25, 0.3) is 6.08 Å². The number of anilines is 1. The molecule has 2 heterocycles. The summed E-state index contributed by atoms with van der Waals surface area (Å²) in [7, 11) is 2.09. The fourth-order valence-corrected chi connectivity index (χ4v) is 6.80. The van der Waals surface area contributed by atoms with Crippen LogP contribution in [0.1, 0.15) is 93.6 Å². The van der Waals surface area contributed by atoms with E-state index in [4.69, 9.17) is 14.2 Å². The molecule has 7 nitrogen and oxygen atoms in total. The molecule has 0 N–H and O–H groups in total. The smallest absolute Gasteiger partial charge is 0.343 e. The Labute approximate surface area is 290 Å². The van der Waals surface area contributed by atoms with Gasteiger partial charge in [-0.15, -0.1) is 0 Å². The molecule has 2 aliphatic heterocycles. The van der Waals surface area contributed by atoms with Crippen molar-refractivity contribution in [1.82, 2.24) is 0 Å². The predicted octanol–water partition coefficient (Wildman–Crippen LogP) is 11.4. The number of nitrogens with zero attached hydrogens (tertiary/aromatic N) is 3. The van der Waals surface area contributed by atoms with Crippen molar-refractivity contribution < 1.29 is 19.0 Å². The fourth-order valence-electron chi connectivity index (χ4n) is 6.80. The number of unbranched alkanes of at least 4 members (excludes halogenated alkanes) is 7. The quantitative estimate of drug-likeness (QED) is 0.0584. The highest BCUT2D eigenvalue weighted by atomic mass is 16.5. The van der Waals surface area contributed by atoms with Crippen LogP contribution in [-0.4, -0.2) is 25.3 Å². The average Bonchev–Trinajstić information content (AvgIpc) is 3.28. The highest BCUT2D eigenvalue weighted by Crippen LogP contribution is 2.54. The van der Waals surface area contributed by atoms with Gasteiger partial charge in [0.2, 0.25) is 5.72 Å². The molecule has 7 heteroatoms. The molecular weight excluding hydrogens is 610 g/mol. The monoisotopic (exact) mass is 657 g/mol. The Morgan fingerprint density at radius 3 is 2.16 bits per heavy atom.